The van der Waals surface area contributed by atoms with Gasteiger partial charge in [0.1, 0.15) is 0 Å². The summed E-state index contributed by atoms with van der Waals surface area (Å²) < 4.78 is 0.857. The minimum atomic E-state index is -1.06. The van der Waals surface area contributed by atoms with Crippen LogP contribution in [0.3, 0.4) is 0 Å². The van der Waals surface area contributed by atoms with Crippen LogP contribution in [0.4, 0.5) is 5.69 Å². The van der Waals surface area contributed by atoms with E-state index in [1.807, 2.05) is 6.07 Å². The lowest BCUT2D eigenvalue weighted by atomic mass is 9.76. The summed E-state index contributed by atoms with van der Waals surface area (Å²) in [6.45, 7) is 5.21. The van der Waals surface area contributed by atoms with Crippen LogP contribution in [0.5, 0.6) is 0 Å². The van der Waals surface area contributed by atoms with Crippen molar-refractivity contribution in [2.45, 2.75) is 27.2 Å². The van der Waals surface area contributed by atoms with Crippen LogP contribution in [0.25, 0.3) is 0 Å². The van der Waals surface area contributed by atoms with Crippen LogP contribution in [0, 0.1) is 11.3 Å². The summed E-state index contributed by atoms with van der Waals surface area (Å²) in [6, 6.07) is 7.19. The highest BCUT2D eigenvalue weighted by Gasteiger charge is 2.38. The fourth-order valence-electron chi connectivity index (χ4n) is 1.63. The molecule has 4 nitrogen and oxygen atoms in total. The van der Waals surface area contributed by atoms with Gasteiger partial charge in [0.15, 0.2) is 0 Å². The summed E-state index contributed by atoms with van der Waals surface area (Å²) in [6.07, 6.45) is -0.0491. The Hall–Kier alpha value is -1.36. The quantitative estimate of drug-likeness (QED) is 0.869. The van der Waals surface area contributed by atoms with Crippen molar-refractivity contribution in [3.63, 3.8) is 0 Å². The minimum absolute atomic E-state index is 0.0491. The summed E-state index contributed by atoms with van der Waals surface area (Å²) in [7, 11) is 0. The van der Waals surface area contributed by atoms with Gasteiger partial charge >= 0.3 is 5.97 Å². The Bertz CT molecular complexity index is 487. The molecule has 0 saturated carbocycles. The van der Waals surface area contributed by atoms with Crippen molar-refractivity contribution in [2.75, 3.05) is 5.32 Å². The van der Waals surface area contributed by atoms with Crippen LogP contribution in [-0.4, -0.2) is 17.0 Å². The SMILES string of the molecule is CC(C)C(C)(CC(=O)Nc1cccc(Br)c1)C(=O)O. The van der Waals surface area contributed by atoms with Crippen LogP contribution >= 0.6 is 15.9 Å². The molecule has 19 heavy (non-hydrogen) atoms. The van der Waals surface area contributed by atoms with Gasteiger partial charge in [-0.15, -0.1) is 0 Å². The van der Waals surface area contributed by atoms with Gasteiger partial charge in [-0.3, -0.25) is 9.59 Å². The van der Waals surface area contributed by atoms with E-state index >= 15 is 0 Å². The number of hydrogen-bond acceptors (Lipinski definition) is 2. The Balaban J connectivity index is 2.77. The molecule has 0 aromatic heterocycles. The normalized spacial score (nSPS) is 13.9. The van der Waals surface area contributed by atoms with Gasteiger partial charge in [0, 0.05) is 16.6 Å². The van der Waals surface area contributed by atoms with E-state index in [0.29, 0.717) is 5.69 Å². The highest BCUT2D eigenvalue weighted by atomic mass is 79.9. The fourth-order valence-corrected chi connectivity index (χ4v) is 2.03. The molecule has 1 aromatic rings. The zero-order valence-corrected chi connectivity index (χ0v) is 12.8. The van der Waals surface area contributed by atoms with Gasteiger partial charge in [0.2, 0.25) is 5.91 Å². The highest BCUT2D eigenvalue weighted by Crippen LogP contribution is 2.31. The van der Waals surface area contributed by atoms with E-state index in [-0.39, 0.29) is 18.2 Å². The van der Waals surface area contributed by atoms with Crippen LogP contribution in [0.2, 0.25) is 0 Å². The summed E-state index contributed by atoms with van der Waals surface area (Å²) in [5.74, 6) is -1.37. The van der Waals surface area contributed by atoms with Crippen LogP contribution < -0.4 is 5.32 Å². The number of amides is 1. The van der Waals surface area contributed by atoms with Gasteiger partial charge in [-0.2, -0.15) is 0 Å². The van der Waals surface area contributed by atoms with Gasteiger partial charge in [0.05, 0.1) is 5.41 Å². The van der Waals surface area contributed by atoms with Gasteiger partial charge in [-0.1, -0.05) is 35.8 Å². The summed E-state index contributed by atoms with van der Waals surface area (Å²) in [5, 5.41) is 12.0. The Kier molecular flexibility index (Phi) is 5.11. The van der Waals surface area contributed by atoms with E-state index in [1.54, 1.807) is 39.0 Å². The average molecular weight is 328 g/mol. The molecule has 5 heteroatoms. The van der Waals surface area contributed by atoms with Gasteiger partial charge in [-0.25, -0.2) is 0 Å². The van der Waals surface area contributed by atoms with E-state index in [1.165, 1.54) is 0 Å². The second kappa shape index (κ2) is 6.19. The lowest BCUT2D eigenvalue weighted by molar-refractivity contribution is -0.153. The van der Waals surface area contributed by atoms with E-state index in [2.05, 4.69) is 21.2 Å². The van der Waals surface area contributed by atoms with Crippen molar-refractivity contribution in [2.24, 2.45) is 11.3 Å². The highest BCUT2D eigenvalue weighted by molar-refractivity contribution is 9.10. The smallest absolute Gasteiger partial charge is 0.310 e. The van der Waals surface area contributed by atoms with Crippen LogP contribution in [0.15, 0.2) is 28.7 Å². The lowest BCUT2D eigenvalue weighted by Gasteiger charge is -2.28. The van der Waals surface area contributed by atoms with Crippen molar-refractivity contribution >= 4 is 33.5 Å². The maximum Gasteiger partial charge on any atom is 0.310 e. The molecule has 1 unspecified atom stereocenters. The molecule has 1 aromatic carbocycles. The van der Waals surface area contributed by atoms with E-state index < -0.39 is 11.4 Å². The number of carbonyl (C=O) groups is 2. The number of halogens is 1. The number of carboxylic acids is 1. The fraction of sp³-hybridized carbons (Fsp3) is 0.429. The van der Waals surface area contributed by atoms with Crippen molar-refractivity contribution in [3.05, 3.63) is 28.7 Å². The molecule has 0 bridgehead atoms. The standard InChI is InChI=1S/C14H18BrNO3/c1-9(2)14(3,13(18)19)8-12(17)16-11-6-4-5-10(15)7-11/h4-7,9H,8H2,1-3H3,(H,16,17)(H,18,19). The predicted octanol–water partition coefficient (Wildman–Crippen LogP) is 3.52. The molecule has 2 N–H and O–H groups in total. The van der Waals surface area contributed by atoms with Gasteiger partial charge in [-0.05, 0) is 31.0 Å². The van der Waals surface area contributed by atoms with Gasteiger partial charge < -0.3 is 10.4 Å². The Morgan fingerprint density at radius 2 is 2.05 bits per heavy atom. The first-order valence-electron chi connectivity index (χ1n) is 6.04. The first kappa shape index (κ1) is 15.7. The molecule has 0 aliphatic rings. The monoisotopic (exact) mass is 327 g/mol. The van der Waals surface area contributed by atoms with E-state index in [4.69, 9.17) is 0 Å². The molecule has 1 amide bonds. The predicted molar refractivity (Wildman–Crippen MR) is 78.0 cm³/mol. The van der Waals surface area contributed by atoms with E-state index in [0.717, 1.165) is 4.47 Å². The van der Waals surface area contributed by atoms with Crippen molar-refractivity contribution in [3.8, 4) is 0 Å². The number of carbonyl (C=O) groups excluding carboxylic acids is 1. The minimum Gasteiger partial charge on any atom is -0.481 e. The third-order valence-electron chi connectivity index (χ3n) is 3.40. The third-order valence-corrected chi connectivity index (χ3v) is 3.89. The summed E-state index contributed by atoms with van der Waals surface area (Å²) in [5.41, 5.74) is -0.410. The molecular weight excluding hydrogens is 310 g/mol. The molecular formula is C14H18BrNO3. The molecule has 0 spiro atoms. The van der Waals surface area contributed by atoms with E-state index in [9.17, 15) is 14.7 Å². The molecule has 0 heterocycles. The maximum absolute atomic E-state index is 12.0. The van der Waals surface area contributed by atoms with Gasteiger partial charge in [0.25, 0.3) is 0 Å². The second-order valence-electron chi connectivity index (χ2n) is 5.11. The Morgan fingerprint density at radius 1 is 1.42 bits per heavy atom. The van der Waals surface area contributed by atoms with Crippen LogP contribution in [-0.2, 0) is 9.59 Å². The number of hydrogen-bond donors (Lipinski definition) is 2. The molecule has 0 fully saturated rings. The molecule has 1 rings (SSSR count). The van der Waals surface area contributed by atoms with Crippen molar-refractivity contribution in [1.82, 2.24) is 0 Å². The topological polar surface area (TPSA) is 66.4 Å². The summed E-state index contributed by atoms with van der Waals surface area (Å²) in [4.78, 5) is 23.3. The molecule has 0 aliphatic carbocycles. The number of anilines is 1. The zero-order valence-electron chi connectivity index (χ0n) is 11.2. The van der Waals surface area contributed by atoms with Crippen LogP contribution in [0.1, 0.15) is 27.2 Å². The maximum atomic E-state index is 12.0. The average Bonchev–Trinajstić information content (AvgIpc) is 2.27. The number of carboxylic acid groups (broad SMARTS) is 1. The number of aliphatic carboxylic acids is 1. The van der Waals surface area contributed by atoms with Crippen molar-refractivity contribution in [1.29, 1.82) is 0 Å². The summed E-state index contributed by atoms with van der Waals surface area (Å²) >= 11 is 3.31. The Morgan fingerprint density at radius 3 is 2.53 bits per heavy atom. The third kappa shape index (κ3) is 4.06. The Labute approximate surface area is 121 Å². The van der Waals surface area contributed by atoms with Crippen molar-refractivity contribution < 1.29 is 14.7 Å². The molecule has 0 aliphatic heterocycles. The number of nitrogens with one attached hydrogen (secondary N) is 1. The first-order valence-corrected chi connectivity index (χ1v) is 6.84. The zero-order chi connectivity index (χ0) is 14.6. The number of rotatable bonds is 5. The lowest BCUT2D eigenvalue weighted by Crippen LogP contribution is -2.37. The molecule has 1 atom stereocenters. The molecule has 0 saturated heterocycles. The molecule has 104 valence electrons. The second-order valence-corrected chi connectivity index (χ2v) is 6.03. The number of benzene rings is 1. The first-order chi connectivity index (χ1) is 8.75. The largest absolute Gasteiger partial charge is 0.481 e. The molecule has 0 radical (unpaired) electrons.